The summed E-state index contributed by atoms with van der Waals surface area (Å²) >= 11 is 0. The summed E-state index contributed by atoms with van der Waals surface area (Å²) in [6.07, 6.45) is 7.33. The topological polar surface area (TPSA) is 21.3 Å². The maximum atomic E-state index is 5.43. The van der Waals surface area contributed by atoms with Gasteiger partial charge in [-0.2, -0.15) is 0 Å². The van der Waals surface area contributed by atoms with Gasteiger partial charge in [-0.05, 0) is 57.6 Å². The van der Waals surface area contributed by atoms with Crippen molar-refractivity contribution in [3.8, 4) is 0 Å². The second kappa shape index (κ2) is 11.9. The normalized spacial score (nSPS) is 12.5. The molecular formula is C18H31NO. The van der Waals surface area contributed by atoms with E-state index in [1.54, 1.807) is 0 Å². The van der Waals surface area contributed by atoms with Gasteiger partial charge < -0.3 is 10.1 Å². The Labute approximate surface area is 124 Å². The SMILES string of the molecule is CCCNC(CCCOCC)CCCc1ccccc1. The lowest BCUT2D eigenvalue weighted by atomic mass is 10.0. The predicted molar refractivity (Wildman–Crippen MR) is 87.2 cm³/mol. The van der Waals surface area contributed by atoms with E-state index in [0.29, 0.717) is 6.04 Å². The molecule has 0 heterocycles. The van der Waals surface area contributed by atoms with Gasteiger partial charge in [0.1, 0.15) is 0 Å². The molecule has 1 N–H and O–H groups in total. The molecule has 1 unspecified atom stereocenters. The highest BCUT2D eigenvalue weighted by Gasteiger charge is 2.07. The maximum Gasteiger partial charge on any atom is 0.0466 e. The van der Waals surface area contributed by atoms with Gasteiger partial charge in [0, 0.05) is 19.3 Å². The van der Waals surface area contributed by atoms with Crippen LogP contribution in [-0.2, 0) is 11.2 Å². The molecule has 20 heavy (non-hydrogen) atoms. The first-order valence-electron chi connectivity index (χ1n) is 8.21. The summed E-state index contributed by atoms with van der Waals surface area (Å²) < 4.78 is 5.43. The third kappa shape index (κ3) is 8.34. The molecule has 0 fully saturated rings. The van der Waals surface area contributed by atoms with Crippen LogP contribution in [0.2, 0.25) is 0 Å². The lowest BCUT2D eigenvalue weighted by molar-refractivity contribution is 0.140. The van der Waals surface area contributed by atoms with E-state index in [1.807, 2.05) is 0 Å². The first-order chi connectivity index (χ1) is 9.86. The minimum absolute atomic E-state index is 0.652. The average molecular weight is 277 g/mol. The fourth-order valence-electron chi connectivity index (χ4n) is 2.47. The molecule has 2 nitrogen and oxygen atoms in total. The Morgan fingerprint density at radius 2 is 1.80 bits per heavy atom. The van der Waals surface area contributed by atoms with Crippen LogP contribution < -0.4 is 5.32 Å². The van der Waals surface area contributed by atoms with Crippen LogP contribution in [0, 0.1) is 0 Å². The summed E-state index contributed by atoms with van der Waals surface area (Å²) in [7, 11) is 0. The Hall–Kier alpha value is -0.860. The molecular weight excluding hydrogens is 246 g/mol. The minimum Gasteiger partial charge on any atom is -0.382 e. The van der Waals surface area contributed by atoms with Crippen LogP contribution in [-0.4, -0.2) is 25.8 Å². The van der Waals surface area contributed by atoms with Gasteiger partial charge in [0.05, 0.1) is 0 Å². The van der Waals surface area contributed by atoms with Crippen molar-refractivity contribution in [2.24, 2.45) is 0 Å². The first-order valence-corrected chi connectivity index (χ1v) is 8.21. The molecule has 0 bridgehead atoms. The molecule has 2 heteroatoms. The first kappa shape index (κ1) is 17.2. The second-order valence-electron chi connectivity index (χ2n) is 5.37. The van der Waals surface area contributed by atoms with Crippen molar-refractivity contribution in [2.45, 2.75) is 58.4 Å². The van der Waals surface area contributed by atoms with Crippen molar-refractivity contribution in [3.63, 3.8) is 0 Å². The molecule has 0 spiro atoms. The standard InChI is InChI=1S/C18H31NO/c1-3-15-19-18(14-9-16-20-4-2)13-8-12-17-10-6-5-7-11-17/h5-7,10-11,18-19H,3-4,8-9,12-16H2,1-2H3. The molecule has 0 radical (unpaired) electrons. The molecule has 1 rings (SSSR count). The lowest BCUT2D eigenvalue weighted by Gasteiger charge is -2.18. The van der Waals surface area contributed by atoms with Gasteiger partial charge in [-0.1, -0.05) is 37.3 Å². The summed E-state index contributed by atoms with van der Waals surface area (Å²) in [6, 6.07) is 11.4. The fourth-order valence-corrected chi connectivity index (χ4v) is 2.47. The van der Waals surface area contributed by atoms with E-state index in [-0.39, 0.29) is 0 Å². The van der Waals surface area contributed by atoms with Crippen molar-refractivity contribution in [2.75, 3.05) is 19.8 Å². The van der Waals surface area contributed by atoms with Gasteiger partial charge in [0.25, 0.3) is 0 Å². The summed E-state index contributed by atoms with van der Waals surface area (Å²) in [5.41, 5.74) is 1.45. The molecule has 0 saturated heterocycles. The number of rotatable bonds is 12. The van der Waals surface area contributed by atoms with Gasteiger partial charge in [-0.15, -0.1) is 0 Å². The third-order valence-electron chi connectivity index (χ3n) is 3.59. The summed E-state index contributed by atoms with van der Waals surface area (Å²) in [5.74, 6) is 0. The average Bonchev–Trinajstić information content (AvgIpc) is 2.49. The number of nitrogens with one attached hydrogen (secondary N) is 1. The fraction of sp³-hybridized carbons (Fsp3) is 0.667. The molecule has 114 valence electrons. The van der Waals surface area contributed by atoms with E-state index in [9.17, 15) is 0 Å². The van der Waals surface area contributed by atoms with Gasteiger partial charge in [0.15, 0.2) is 0 Å². The Bertz CT molecular complexity index is 312. The van der Waals surface area contributed by atoms with Crippen molar-refractivity contribution < 1.29 is 4.74 Å². The summed E-state index contributed by atoms with van der Waals surface area (Å²) in [5, 5.41) is 3.68. The van der Waals surface area contributed by atoms with Crippen LogP contribution in [0.3, 0.4) is 0 Å². The van der Waals surface area contributed by atoms with Crippen molar-refractivity contribution >= 4 is 0 Å². The van der Waals surface area contributed by atoms with Crippen molar-refractivity contribution in [3.05, 3.63) is 35.9 Å². The number of hydrogen-bond acceptors (Lipinski definition) is 2. The second-order valence-corrected chi connectivity index (χ2v) is 5.37. The highest BCUT2D eigenvalue weighted by Crippen LogP contribution is 2.10. The third-order valence-corrected chi connectivity index (χ3v) is 3.59. The van der Waals surface area contributed by atoms with Crippen LogP contribution >= 0.6 is 0 Å². The molecule has 0 aromatic heterocycles. The van der Waals surface area contributed by atoms with Crippen molar-refractivity contribution in [1.82, 2.24) is 5.32 Å². The number of aryl methyl sites for hydroxylation is 1. The Morgan fingerprint density at radius 1 is 1.05 bits per heavy atom. The molecule has 1 atom stereocenters. The Kier molecular flexibility index (Phi) is 10.3. The molecule has 0 saturated carbocycles. The zero-order chi connectivity index (χ0) is 14.5. The zero-order valence-electron chi connectivity index (χ0n) is 13.2. The van der Waals surface area contributed by atoms with Gasteiger partial charge >= 0.3 is 0 Å². The van der Waals surface area contributed by atoms with Gasteiger partial charge in [0.2, 0.25) is 0 Å². The van der Waals surface area contributed by atoms with E-state index < -0.39 is 0 Å². The van der Waals surface area contributed by atoms with E-state index in [0.717, 1.165) is 19.8 Å². The number of benzene rings is 1. The van der Waals surface area contributed by atoms with E-state index >= 15 is 0 Å². The van der Waals surface area contributed by atoms with Gasteiger partial charge in [-0.25, -0.2) is 0 Å². The van der Waals surface area contributed by atoms with E-state index in [2.05, 4.69) is 49.5 Å². The highest BCUT2D eigenvalue weighted by molar-refractivity contribution is 5.14. The largest absolute Gasteiger partial charge is 0.382 e. The minimum atomic E-state index is 0.652. The smallest absolute Gasteiger partial charge is 0.0466 e. The lowest BCUT2D eigenvalue weighted by Crippen LogP contribution is -2.30. The van der Waals surface area contributed by atoms with Crippen LogP contribution in [0.4, 0.5) is 0 Å². The van der Waals surface area contributed by atoms with Crippen molar-refractivity contribution in [1.29, 1.82) is 0 Å². The van der Waals surface area contributed by atoms with Crippen LogP contribution in [0.25, 0.3) is 0 Å². The summed E-state index contributed by atoms with van der Waals surface area (Å²) in [6.45, 7) is 7.16. The predicted octanol–water partition coefficient (Wildman–Crippen LogP) is 4.19. The molecule has 0 aliphatic heterocycles. The van der Waals surface area contributed by atoms with E-state index in [4.69, 9.17) is 4.74 Å². The molecule has 0 aliphatic rings. The van der Waals surface area contributed by atoms with E-state index in [1.165, 1.54) is 44.1 Å². The van der Waals surface area contributed by atoms with Crippen LogP contribution in [0.1, 0.15) is 51.5 Å². The highest BCUT2D eigenvalue weighted by atomic mass is 16.5. The molecule has 0 aliphatic carbocycles. The Balaban J connectivity index is 2.21. The maximum absolute atomic E-state index is 5.43. The van der Waals surface area contributed by atoms with Crippen LogP contribution in [0.15, 0.2) is 30.3 Å². The van der Waals surface area contributed by atoms with Gasteiger partial charge in [-0.3, -0.25) is 0 Å². The number of hydrogen-bond donors (Lipinski definition) is 1. The van der Waals surface area contributed by atoms with Crippen LogP contribution in [0.5, 0.6) is 0 Å². The number of ether oxygens (including phenoxy) is 1. The quantitative estimate of drug-likeness (QED) is 0.578. The zero-order valence-corrected chi connectivity index (χ0v) is 13.2. The molecule has 0 amide bonds. The molecule has 1 aromatic rings. The molecule has 1 aromatic carbocycles. The monoisotopic (exact) mass is 277 g/mol. The Morgan fingerprint density at radius 3 is 2.50 bits per heavy atom. The summed E-state index contributed by atoms with van der Waals surface area (Å²) in [4.78, 5) is 0.